The number of tetrazole rings is 1. The van der Waals surface area contributed by atoms with E-state index < -0.39 is 16.1 Å². The normalized spacial score (nSPS) is 22.2. The van der Waals surface area contributed by atoms with Crippen molar-refractivity contribution < 1.29 is 13.2 Å². The van der Waals surface area contributed by atoms with E-state index in [4.69, 9.17) is 0 Å². The summed E-state index contributed by atoms with van der Waals surface area (Å²) in [5.41, 5.74) is 0.149. The fourth-order valence-electron chi connectivity index (χ4n) is 2.07. The summed E-state index contributed by atoms with van der Waals surface area (Å²) in [6, 6.07) is 5.00. The molecule has 19 heavy (non-hydrogen) atoms. The molecule has 0 saturated heterocycles. The monoisotopic (exact) mass is 279 g/mol. The van der Waals surface area contributed by atoms with Crippen molar-refractivity contribution in [1.82, 2.24) is 24.9 Å². The van der Waals surface area contributed by atoms with Crippen LogP contribution in [-0.2, 0) is 10.0 Å². The highest BCUT2D eigenvalue weighted by Crippen LogP contribution is 2.34. The lowest BCUT2D eigenvalue weighted by Gasteiger charge is -2.29. The molecule has 3 rings (SSSR count). The maximum Gasteiger partial charge on any atom is 0.244 e. The second kappa shape index (κ2) is 3.93. The average molecular weight is 279 g/mol. The van der Waals surface area contributed by atoms with E-state index in [0.29, 0.717) is 0 Å². The predicted octanol–water partition coefficient (Wildman–Crippen LogP) is -0.242. The summed E-state index contributed by atoms with van der Waals surface area (Å²) in [5.74, 6) is -0.333. The van der Waals surface area contributed by atoms with Crippen LogP contribution in [0.3, 0.4) is 0 Å². The molecule has 98 valence electrons. The minimum absolute atomic E-state index is 0.00208. The van der Waals surface area contributed by atoms with Crippen molar-refractivity contribution in [3.63, 3.8) is 0 Å². The minimum atomic E-state index is -3.74. The smallest absolute Gasteiger partial charge is 0.244 e. The number of likely N-dealkylation sites (N-methyl/N-ethyl adjacent to an activating group) is 1. The summed E-state index contributed by atoms with van der Waals surface area (Å²) in [6.07, 6.45) is 0. The number of Topliss-reactive ketones (excluding diaryl/α,β-unsaturated/α-hetero) is 1. The first kappa shape index (κ1) is 11.9. The first-order chi connectivity index (χ1) is 9.03. The van der Waals surface area contributed by atoms with E-state index in [9.17, 15) is 13.2 Å². The number of nitrogens with zero attached hydrogens (tertiary/aromatic N) is 4. The van der Waals surface area contributed by atoms with Gasteiger partial charge in [-0.1, -0.05) is 17.3 Å². The Labute approximate surface area is 108 Å². The standard InChI is InChI=1S/C10H9N5O3S/c1-15-8(10-11-13-14-12-10)9(16)6-4-2-3-5-7(6)19(15,17)18/h2-5,8H,1H3,(H,11,12,13,14). The molecular weight excluding hydrogens is 270 g/mol. The molecule has 0 amide bonds. The summed E-state index contributed by atoms with van der Waals surface area (Å²) in [4.78, 5) is 12.4. The van der Waals surface area contributed by atoms with E-state index in [-0.39, 0.29) is 22.1 Å². The maximum absolute atomic E-state index is 12.4. The Kier molecular flexibility index (Phi) is 2.47. The molecule has 1 aliphatic heterocycles. The molecule has 0 radical (unpaired) electrons. The van der Waals surface area contributed by atoms with Crippen LogP contribution in [0.2, 0.25) is 0 Å². The Hall–Kier alpha value is -2.13. The van der Waals surface area contributed by atoms with Crippen LogP contribution in [-0.4, -0.2) is 46.2 Å². The third-order valence-electron chi connectivity index (χ3n) is 3.03. The highest BCUT2D eigenvalue weighted by Gasteiger charge is 2.44. The van der Waals surface area contributed by atoms with E-state index in [1.54, 1.807) is 12.1 Å². The van der Waals surface area contributed by atoms with Gasteiger partial charge in [0, 0.05) is 12.6 Å². The number of rotatable bonds is 1. The molecule has 1 N–H and O–H groups in total. The molecule has 0 bridgehead atoms. The van der Waals surface area contributed by atoms with Crippen molar-refractivity contribution in [1.29, 1.82) is 0 Å². The van der Waals surface area contributed by atoms with Gasteiger partial charge in [-0.2, -0.15) is 9.52 Å². The third-order valence-corrected chi connectivity index (χ3v) is 4.91. The van der Waals surface area contributed by atoms with Crippen molar-refractivity contribution in [3.8, 4) is 0 Å². The van der Waals surface area contributed by atoms with Gasteiger partial charge < -0.3 is 0 Å². The largest absolute Gasteiger partial charge is 0.292 e. The van der Waals surface area contributed by atoms with Gasteiger partial charge in [0.15, 0.2) is 11.8 Å². The maximum atomic E-state index is 12.4. The van der Waals surface area contributed by atoms with Crippen LogP contribution >= 0.6 is 0 Å². The van der Waals surface area contributed by atoms with E-state index >= 15 is 0 Å². The lowest BCUT2D eigenvalue weighted by molar-refractivity contribution is 0.0888. The Morgan fingerprint density at radius 3 is 2.74 bits per heavy atom. The molecular formula is C10H9N5O3S. The molecule has 0 saturated carbocycles. The van der Waals surface area contributed by atoms with Gasteiger partial charge in [-0.3, -0.25) is 4.79 Å². The van der Waals surface area contributed by atoms with Gasteiger partial charge in [0.25, 0.3) is 0 Å². The zero-order valence-corrected chi connectivity index (χ0v) is 10.6. The summed E-state index contributed by atoms with van der Waals surface area (Å²) in [6.45, 7) is 0. The molecule has 9 heteroatoms. The van der Waals surface area contributed by atoms with Crippen LogP contribution in [0.25, 0.3) is 0 Å². The zero-order chi connectivity index (χ0) is 13.6. The Bertz CT molecular complexity index is 740. The Morgan fingerprint density at radius 2 is 2.05 bits per heavy atom. The molecule has 8 nitrogen and oxygen atoms in total. The van der Waals surface area contributed by atoms with Gasteiger partial charge in [0.2, 0.25) is 15.8 Å². The number of fused-ring (bicyclic) bond motifs is 1. The number of benzene rings is 1. The van der Waals surface area contributed by atoms with Crippen molar-refractivity contribution >= 4 is 15.8 Å². The molecule has 1 aliphatic rings. The van der Waals surface area contributed by atoms with Crippen molar-refractivity contribution in [2.75, 3.05) is 7.05 Å². The van der Waals surface area contributed by atoms with E-state index in [1.165, 1.54) is 19.2 Å². The van der Waals surface area contributed by atoms with Gasteiger partial charge in [0.05, 0.1) is 4.90 Å². The molecule has 0 spiro atoms. The second-order valence-electron chi connectivity index (χ2n) is 4.05. The number of sulfonamides is 1. The number of carbonyl (C=O) groups is 1. The molecule has 1 aromatic heterocycles. The molecule has 0 aliphatic carbocycles. The molecule has 1 aromatic carbocycles. The minimum Gasteiger partial charge on any atom is -0.292 e. The van der Waals surface area contributed by atoms with Crippen LogP contribution < -0.4 is 0 Å². The van der Waals surface area contributed by atoms with Crippen molar-refractivity contribution in [3.05, 3.63) is 35.7 Å². The van der Waals surface area contributed by atoms with Crippen LogP contribution in [0.4, 0.5) is 0 Å². The Balaban J connectivity index is 2.26. The number of hydrogen-bond donors (Lipinski definition) is 1. The number of nitrogens with one attached hydrogen (secondary N) is 1. The topological polar surface area (TPSA) is 109 Å². The number of aromatic nitrogens is 4. The van der Waals surface area contributed by atoms with Crippen LogP contribution in [0.1, 0.15) is 22.2 Å². The lowest BCUT2D eigenvalue weighted by Crippen LogP contribution is -2.41. The predicted molar refractivity (Wildman–Crippen MR) is 62.6 cm³/mol. The molecule has 0 fully saturated rings. The van der Waals surface area contributed by atoms with Gasteiger partial charge >= 0.3 is 0 Å². The zero-order valence-electron chi connectivity index (χ0n) is 9.81. The molecule has 1 unspecified atom stereocenters. The average Bonchev–Trinajstić information content (AvgIpc) is 2.91. The number of ketones is 1. The lowest BCUT2D eigenvalue weighted by atomic mass is 10.0. The van der Waals surface area contributed by atoms with E-state index in [1.807, 2.05) is 0 Å². The molecule has 1 atom stereocenters. The second-order valence-corrected chi connectivity index (χ2v) is 6.02. The highest BCUT2D eigenvalue weighted by atomic mass is 32.2. The van der Waals surface area contributed by atoms with Crippen LogP contribution in [0.15, 0.2) is 29.2 Å². The number of H-pyrrole nitrogens is 1. The number of carbonyl (C=O) groups excluding carboxylic acids is 1. The van der Waals surface area contributed by atoms with E-state index in [2.05, 4.69) is 20.6 Å². The van der Waals surface area contributed by atoms with Gasteiger partial charge in [-0.25, -0.2) is 8.42 Å². The third kappa shape index (κ3) is 1.59. The quantitative estimate of drug-likeness (QED) is 0.771. The summed E-state index contributed by atoms with van der Waals surface area (Å²) < 4.78 is 25.6. The highest BCUT2D eigenvalue weighted by molar-refractivity contribution is 7.89. The Morgan fingerprint density at radius 1 is 1.32 bits per heavy atom. The SMILES string of the molecule is CN1C(c2nn[nH]n2)C(=O)c2ccccc2S1(=O)=O. The van der Waals surface area contributed by atoms with Crippen LogP contribution in [0, 0.1) is 0 Å². The summed E-state index contributed by atoms with van der Waals surface area (Å²) >= 11 is 0. The van der Waals surface area contributed by atoms with Crippen molar-refractivity contribution in [2.45, 2.75) is 10.9 Å². The van der Waals surface area contributed by atoms with Gasteiger partial charge in [0.1, 0.15) is 0 Å². The number of hydrogen-bond acceptors (Lipinski definition) is 6. The van der Waals surface area contributed by atoms with Crippen LogP contribution in [0.5, 0.6) is 0 Å². The van der Waals surface area contributed by atoms with E-state index in [0.717, 1.165) is 4.31 Å². The van der Waals surface area contributed by atoms with Crippen molar-refractivity contribution in [2.24, 2.45) is 0 Å². The number of aromatic amines is 1. The fourth-order valence-corrected chi connectivity index (χ4v) is 3.54. The van der Waals surface area contributed by atoms with Gasteiger partial charge in [-0.15, -0.1) is 10.2 Å². The summed E-state index contributed by atoms with van der Waals surface area (Å²) in [7, 11) is -2.41. The fraction of sp³-hybridized carbons (Fsp3) is 0.200. The first-order valence-corrected chi connectivity index (χ1v) is 6.82. The molecule has 2 heterocycles. The molecule has 2 aromatic rings. The first-order valence-electron chi connectivity index (χ1n) is 5.38. The van der Waals surface area contributed by atoms with Gasteiger partial charge in [-0.05, 0) is 12.1 Å². The summed E-state index contributed by atoms with van der Waals surface area (Å²) in [5, 5.41) is 13.0.